The first kappa shape index (κ1) is 28.1. The quantitative estimate of drug-likeness (QED) is 0.150. The van der Waals surface area contributed by atoms with E-state index in [0.29, 0.717) is 33.9 Å². The Bertz CT molecular complexity index is 1970. The van der Waals surface area contributed by atoms with Gasteiger partial charge in [-0.1, -0.05) is 48.5 Å². The Balaban J connectivity index is 1.43. The highest BCUT2D eigenvalue weighted by atomic mass is 19.1. The van der Waals surface area contributed by atoms with Crippen LogP contribution >= 0.6 is 0 Å². The minimum absolute atomic E-state index is 0.0421. The molecule has 9 heteroatoms. The van der Waals surface area contributed by atoms with Crippen LogP contribution in [0.1, 0.15) is 23.8 Å². The Morgan fingerprint density at radius 3 is 2.52 bits per heavy atom. The summed E-state index contributed by atoms with van der Waals surface area (Å²) in [5.41, 5.74) is 3.36. The van der Waals surface area contributed by atoms with Crippen LogP contribution in [0, 0.1) is 17.1 Å². The number of para-hydroxylation sites is 1. The number of furan rings is 1. The molecule has 0 aliphatic carbocycles. The molecule has 44 heavy (non-hydrogen) atoms. The minimum atomic E-state index is -0.677. The van der Waals surface area contributed by atoms with Crippen molar-refractivity contribution in [3.63, 3.8) is 0 Å². The number of carbonyl (C=O) groups excluding carboxylic acids is 2. The summed E-state index contributed by atoms with van der Waals surface area (Å²) in [7, 11) is 0. The zero-order chi connectivity index (χ0) is 30.6. The van der Waals surface area contributed by atoms with Crippen molar-refractivity contribution < 1.29 is 23.1 Å². The molecule has 0 saturated carbocycles. The molecule has 2 aromatic heterocycles. The highest BCUT2D eigenvalue weighted by Gasteiger charge is 2.36. The van der Waals surface area contributed by atoms with Gasteiger partial charge in [0.1, 0.15) is 41.3 Å². The number of nitriles is 1. The monoisotopic (exact) mass is 584 g/mol. The second kappa shape index (κ2) is 12.1. The summed E-state index contributed by atoms with van der Waals surface area (Å²) in [6.07, 6.45) is 4.88. The van der Waals surface area contributed by atoms with Crippen LogP contribution in [0.3, 0.4) is 0 Å². The molecule has 8 nitrogen and oxygen atoms in total. The van der Waals surface area contributed by atoms with E-state index < -0.39 is 11.8 Å². The molecule has 0 atom stereocenters. The second-order valence-electron chi connectivity index (χ2n) is 10.1. The number of hydrogen-bond donors (Lipinski definition) is 0. The Kier molecular flexibility index (Phi) is 7.72. The predicted octanol–water partition coefficient (Wildman–Crippen LogP) is 6.64. The van der Waals surface area contributed by atoms with Crippen LogP contribution in [0.4, 0.5) is 4.39 Å². The molecule has 0 fully saturated rings. The molecular formula is C35H25FN4O4. The maximum atomic E-state index is 14.2. The van der Waals surface area contributed by atoms with Crippen LogP contribution in [0.25, 0.3) is 23.0 Å². The molecule has 2 amide bonds. The van der Waals surface area contributed by atoms with Gasteiger partial charge in [-0.25, -0.2) is 9.07 Å². The third kappa shape index (κ3) is 5.56. The summed E-state index contributed by atoms with van der Waals surface area (Å²) in [6, 6.07) is 28.4. The fourth-order valence-electron chi connectivity index (χ4n) is 4.93. The molecule has 6 rings (SSSR count). The van der Waals surface area contributed by atoms with Gasteiger partial charge in [0.25, 0.3) is 11.8 Å². The van der Waals surface area contributed by atoms with Gasteiger partial charge in [0.05, 0.1) is 18.5 Å². The van der Waals surface area contributed by atoms with Gasteiger partial charge in [-0.15, -0.1) is 0 Å². The number of amides is 2. The van der Waals surface area contributed by atoms with Gasteiger partial charge in [0, 0.05) is 28.5 Å². The Labute approximate surface area is 252 Å². The van der Waals surface area contributed by atoms with Crippen molar-refractivity contribution in [3.8, 4) is 28.8 Å². The van der Waals surface area contributed by atoms with Gasteiger partial charge >= 0.3 is 0 Å². The van der Waals surface area contributed by atoms with E-state index >= 15 is 0 Å². The van der Waals surface area contributed by atoms with E-state index in [0.717, 1.165) is 10.6 Å². The number of imide groups is 1. The van der Waals surface area contributed by atoms with Crippen LogP contribution in [-0.2, 0) is 22.7 Å². The van der Waals surface area contributed by atoms with E-state index in [1.54, 1.807) is 72.4 Å². The lowest BCUT2D eigenvalue weighted by molar-refractivity contribution is -0.141. The summed E-state index contributed by atoms with van der Waals surface area (Å²) >= 11 is 0. The number of benzene rings is 3. The van der Waals surface area contributed by atoms with Crippen LogP contribution in [0.2, 0.25) is 0 Å². The summed E-state index contributed by atoms with van der Waals surface area (Å²) in [5.74, 6) is -0.666. The van der Waals surface area contributed by atoms with Crippen molar-refractivity contribution >= 4 is 17.9 Å². The number of hydrogen-bond acceptors (Lipinski definition) is 6. The van der Waals surface area contributed by atoms with Crippen LogP contribution < -0.4 is 4.74 Å². The molecule has 0 unspecified atom stereocenters. The Morgan fingerprint density at radius 1 is 0.977 bits per heavy atom. The number of rotatable bonds is 8. The van der Waals surface area contributed by atoms with Crippen LogP contribution in [-0.4, -0.2) is 26.5 Å². The number of halogens is 1. The van der Waals surface area contributed by atoms with Crippen molar-refractivity contribution in [1.82, 2.24) is 14.7 Å². The summed E-state index contributed by atoms with van der Waals surface area (Å²) < 4.78 is 27.1. The zero-order valence-corrected chi connectivity index (χ0v) is 23.6. The van der Waals surface area contributed by atoms with Crippen molar-refractivity contribution in [2.75, 3.05) is 0 Å². The summed E-state index contributed by atoms with van der Waals surface area (Å²) in [6.45, 7) is 1.52. The topological polar surface area (TPSA) is 101 Å². The van der Waals surface area contributed by atoms with E-state index in [2.05, 4.69) is 0 Å². The minimum Gasteiger partial charge on any atom is -0.489 e. The first-order chi connectivity index (χ1) is 21.4. The predicted molar refractivity (Wildman–Crippen MR) is 160 cm³/mol. The highest BCUT2D eigenvalue weighted by Crippen LogP contribution is 2.33. The van der Waals surface area contributed by atoms with Crippen LogP contribution in [0.15, 0.2) is 125 Å². The smallest absolute Gasteiger partial charge is 0.272 e. The highest BCUT2D eigenvalue weighted by molar-refractivity contribution is 6.19. The van der Waals surface area contributed by atoms with Crippen molar-refractivity contribution in [2.24, 2.45) is 0 Å². The first-order valence-electron chi connectivity index (χ1n) is 13.8. The Hall–Kier alpha value is -6.01. The van der Waals surface area contributed by atoms with Crippen molar-refractivity contribution in [2.45, 2.75) is 20.1 Å². The molecule has 216 valence electrons. The molecule has 0 saturated heterocycles. The average molecular weight is 585 g/mol. The van der Waals surface area contributed by atoms with Gasteiger partial charge in [-0.2, -0.15) is 10.4 Å². The van der Waals surface area contributed by atoms with E-state index in [4.69, 9.17) is 14.3 Å². The second-order valence-corrected chi connectivity index (χ2v) is 10.1. The number of carbonyl (C=O) groups is 2. The van der Waals surface area contributed by atoms with Gasteiger partial charge in [-0.05, 0) is 61.0 Å². The molecular weight excluding hydrogens is 559 g/mol. The van der Waals surface area contributed by atoms with Gasteiger partial charge in [0.2, 0.25) is 0 Å². The third-order valence-corrected chi connectivity index (χ3v) is 7.24. The lowest BCUT2D eigenvalue weighted by atomic mass is 9.93. The molecule has 0 spiro atoms. The standard InChI is InChI=1S/C35H25FN4O4/c1-23-30(34(41)39(35(42)31(23)19-37)21-29-14-8-16-43-29)18-26-20-40(27-11-3-2-4-12-27)38-33(26)24-10-7-13-28(17-24)44-22-25-9-5-6-15-32(25)36/h2-18,20H,21-22H2,1H3/b30-18+. The molecule has 3 heterocycles. The molecule has 0 N–H and O–H groups in total. The first-order valence-corrected chi connectivity index (χ1v) is 13.8. The molecule has 0 radical (unpaired) electrons. The number of aromatic nitrogens is 2. The third-order valence-electron chi connectivity index (χ3n) is 7.24. The fourth-order valence-corrected chi connectivity index (χ4v) is 4.93. The molecule has 3 aromatic carbocycles. The average Bonchev–Trinajstić information content (AvgIpc) is 3.72. The molecule has 0 bridgehead atoms. The van der Waals surface area contributed by atoms with E-state index in [-0.39, 0.29) is 35.7 Å². The Morgan fingerprint density at radius 2 is 1.77 bits per heavy atom. The number of ether oxygens (including phenoxy) is 1. The zero-order valence-electron chi connectivity index (χ0n) is 23.6. The van der Waals surface area contributed by atoms with Crippen molar-refractivity contribution in [1.29, 1.82) is 5.26 Å². The van der Waals surface area contributed by atoms with Gasteiger partial charge in [-0.3, -0.25) is 14.5 Å². The normalized spacial score (nSPS) is 14.3. The fraction of sp³-hybridized carbons (Fsp3) is 0.0857. The van der Waals surface area contributed by atoms with E-state index in [9.17, 15) is 19.2 Å². The van der Waals surface area contributed by atoms with E-state index in [1.165, 1.54) is 12.3 Å². The van der Waals surface area contributed by atoms with Crippen molar-refractivity contribution in [3.05, 3.63) is 143 Å². The molecule has 5 aromatic rings. The van der Waals surface area contributed by atoms with Gasteiger partial charge in [0.15, 0.2) is 0 Å². The lowest BCUT2D eigenvalue weighted by Gasteiger charge is -2.26. The largest absolute Gasteiger partial charge is 0.489 e. The number of nitrogens with zero attached hydrogens (tertiary/aromatic N) is 4. The maximum absolute atomic E-state index is 14.2. The van der Waals surface area contributed by atoms with Crippen LogP contribution in [0.5, 0.6) is 5.75 Å². The summed E-state index contributed by atoms with van der Waals surface area (Å²) in [5, 5.41) is 14.7. The summed E-state index contributed by atoms with van der Waals surface area (Å²) in [4.78, 5) is 27.9. The molecule has 1 aliphatic rings. The SMILES string of the molecule is CC1=C(C#N)C(=O)N(Cc2ccco2)C(=O)/C1=C/c1cn(-c2ccccc2)nc1-c1cccc(OCc2ccccc2F)c1. The lowest BCUT2D eigenvalue weighted by Crippen LogP contribution is -2.42. The molecule has 1 aliphatic heterocycles. The van der Waals surface area contributed by atoms with Gasteiger partial charge < -0.3 is 9.15 Å². The maximum Gasteiger partial charge on any atom is 0.272 e. The van der Waals surface area contributed by atoms with E-state index in [1.807, 2.05) is 42.5 Å².